The van der Waals surface area contributed by atoms with Gasteiger partial charge in [-0.2, -0.15) is 0 Å². The molecule has 2 aromatic carbocycles. The quantitative estimate of drug-likeness (QED) is 0.375. The standard InChI is InChI=1S/C31H42N2O6/c34-22-24-11-13-25(14-12-24)28-19-27(21-33-17-4-2-1-3-5-18-33)38-31(39-28)26-15-9-23(10-16-26)20-32-29(35)7-6-8-30(36)37/h9-16,27-28,31,34H,1-8,17-22H2,(H,32,35)(H,36,37)/t27-,28+,31+/m0/s1. The van der Waals surface area contributed by atoms with E-state index in [-0.39, 0.29) is 37.6 Å². The monoisotopic (exact) mass is 538 g/mol. The summed E-state index contributed by atoms with van der Waals surface area (Å²) in [5.74, 6) is -1.04. The first-order valence-corrected chi connectivity index (χ1v) is 14.3. The maximum Gasteiger partial charge on any atom is 0.303 e. The molecule has 3 N–H and O–H groups in total. The van der Waals surface area contributed by atoms with Gasteiger partial charge >= 0.3 is 5.97 Å². The molecule has 0 radical (unpaired) electrons. The van der Waals surface area contributed by atoms with Crippen LogP contribution in [0.5, 0.6) is 0 Å². The number of hydrogen-bond donors (Lipinski definition) is 3. The molecule has 0 bridgehead atoms. The predicted molar refractivity (Wildman–Crippen MR) is 148 cm³/mol. The Balaban J connectivity index is 1.40. The molecule has 2 heterocycles. The van der Waals surface area contributed by atoms with E-state index in [0.29, 0.717) is 13.0 Å². The smallest absolute Gasteiger partial charge is 0.303 e. The molecule has 0 saturated carbocycles. The van der Waals surface area contributed by atoms with Crippen LogP contribution in [0.2, 0.25) is 0 Å². The van der Waals surface area contributed by atoms with E-state index in [9.17, 15) is 14.7 Å². The first-order valence-electron chi connectivity index (χ1n) is 14.3. The van der Waals surface area contributed by atoms with Crippen molar-refractivity contribution in [2.24, 2.45) is 0 Å². The highest BCUT2D eigenvalue weighted by molar-refractivity contribution is 5.76. The number of nitrogens with zero attached hydrogens (tertiary/aromatic N) is 1. The van der Waals surface area contributed by atoms with Crippen LogP contribution in [0.4, 0.5) is 0 Å². The van der Waals surface area contributed by atoms with Gasteiger partial charge in [0.15, 0.2) is 6.29 Å². The molecule has 2 saturated heterocycles. The summed E-state index contributed by atoms with van der Waals surface area (Å²) in [5.41, 5.74) is 3.85. The van der Waals surface area contributed by atoms with Crippen molar-refractivity contribution in [2.75, 3.05) is 19.6 Å². The van der Waals surface area contributed by atoms with E-state index in [4.69, 9.17) is 14.6 Å². The molecule has 0 spiro atoms. The predicted octanol–water partition coefficient (Wildman–Crippen LogP) is 4.86. The average molecular weight is 539 g/mol. The number of hydrogen-bond acceptors (Lipinski definition) is 6. The first-order chi connectivity index (χ1) is 19.0. The van der Waals surface area contributed by atoms with Gasteiger partial charge in [-0.15, -0.1) is 0 Å². The minimum absolute atomic E-state index is 0.00513. The Hall–Kier alpha value is -2.78. The zero-order chi connectivity index (χ0) is 27.5. The molecule has 39 heavy (non-hydrogen) atoms. The number of rotatable bonds is 11. The van der Waals surface area contributed by atoms with Crippen molar-refractivity contribution >= 4 is 11.9 Å². The number of amides is 1. The highest BCUT2D eigenvalue weighted by Gasteiger charge is 2.33. The Morgan fingerprint density at radius 2 is 1.49 bits per heavy atom. The number of carboxylic acids is 1. The molecule has 2 aliphatic heterocycles. The van der Waals surface area contributed by atoms with Gasteiger partial charge < -0.3 is 29.9 Å². The molecule has 1 amide bonds. The number of aliphatic carboxylic acids is 1. The average Bonchev–Trinajstić information content (AvgIpc) is 2.93. The van der Waals surface area contributed by atoms with Crippen molar-refractivity contribution in [1.82, 2.24) is 10.2 Å². The molecule has 2 aromatic rings. The van der Waals surface area contributed by atoms with Crippen LogP contribution < -0.4 is 5.32 Å². The fourth-order valence-electron chi connectivity index (χ4n) is 5.30. The Bertz CT molecular complexity index is 1030. The topological polar surface area (TPSA) is 108 Å². The SMILES string of the molecule is O=C(O)CCCC(=O)NCc1ccc([C@@H]2O[C@H](CN3CCCCCCC3)C[C@H](c3ccc(CO)cc3)O2)cc1. The molecule has 0 aliphatic carbocycles. The number of aliphatic hydroxyl groups is 1. The van der Waals surface area contributed by atoms with Crippen molar-refractivity contribution in [3.8, 4) is 0 Å². The van der Waals surface area contributed by atoms with Crippen LogP contribution in [0.15, 0.2) is 48.5 Å². The van der Waals surface area contributed by atoms with Crippen LogP contribution in [0.25, 0.3) is 0 Å². The minimum Gasteiger partial charge on any atom is -0.481 e. The van der Waals surface area contributed by atoms with E-state index < -0.39 is 12.3 Å². The first kappa shape index (κ1) is 29.2. The van der Waals surface area contributed by atoms with Crippen molar-refractivity contribution < 1.29 is 29.3 Å². The molecule has 2 aliphatic rings. The second kappa shape index (κ2) is 15.1. The minimum atomic E-state index is -0.890. The lowest BCUT2D eigenvalue weighted by Crippen LogP contribution is -2.40. The summed E-state index contributed by atoms with van der Waals surface area (Å²) in [4.78, 5) is 25.2. The number of benzene rings is 2. The summed E-state index contributed by atoms with van der Waals surface area (Å²) in [7, 11) is 0. The normalized spacial score (nSPS) is 22.5. The van der Waals surface area contributed by atoms with Crippen LogP contribution in [0, 0.1) is 0 Å². The van der Waals surface area contributed by atoms with Crippen LogP contribution in [-0.2, 0) is 32.2 Å². The fraction of sp³-hybridized carbons (Fsp3) is 0.548. The Morgan fingerprint density at radius 1 is 0.846 bits per heavy atom. The fourth-order valence-corrected chi connectivity index (χ4v) is 5.30. The van der Waals surface area contributed by atoms with Gasteiger partial charge in [0.2, 0.25) is 5.91 Å². The largest absolute Gasteiger partial charge is 0.481 e. The van der Waals surface area contributed by atoms with E-state index >= 15 is 0 Å². The lowest BCUT2D eigenvalue weighted by molar-refractivity contribution is -0.253. The second-order valence-electron chi connectivity index (χ2n) is 10.7. The number of aliphatic hydroxyl groups excluding tert-OH is 1. The van der Waals surface area contributed by atoms with E-state index in [2.05, 4.69) is 10.2 Å². The molecule has 8 heteroatoms. The van der Waals surface area contributed by atoms with Gasteiger partial charge in [-0.1, -0.05) is 67.8 Å². The van der Waals surface area contributed by atoms with Crippen LogP contribution >= 0.6 is 0 Å². The van der Waals surface area contributed by atoms with Gasteiger partial charge in [-0.05, 0) is 49.0 Å². The van der Waals surface area contributed by atoms with Crippen LogP contribution in [-0.4, -0.2) is 52.7 Å². The zero-order valence-corrected chi connectivity index (χ0v) is 22.7. The molecule has 0 unspecified atom stereocenters. The third-order valence-corrected chi connectivity index (χ3v) is 7.56. The van der Waals surface area contributed by atoms with Crippen LogP contribution in [0.1, 0.15) is 92.4 Å². The maximum atomic E-state index is 12.0. The molecule has 8 nitrogen and oxygen atoms in total. The number of likely N-dealkylation sites (tertiary alicyclic amines) is 1. The molecule has 212 valence electrons. The molecule has 3 atom stereocenters. The zero-order valence-electron chi connectivity index (χ0n) is 22.7. The highest BCUT2D eigenvalue weighted by Crippen LogP contribution is 2.38. The van der Waals surface area contributed by atoms with Crippen molar-refractivity contribution in [2.45, 2.75) is 89.4 Å². The summed E-state index contributed by atoms with van der Waals surface area (Å²) in [6.45, 7) is 3.51. The molecule has 0 aromatic heterocycles. The molecule has 4 rings (SSSR count). The Labute approximate surface area is 231 Å². The van der Waals surface area contributed by atoms with Crippen molar-refractivity contribution in [3.05, 3.63) is 70.8 Å². The number of nitrogens with one attached hydrogen (secondary N) is 1. The van der Waals surface area contributed by atoms with Gasteiger partial charge in [0, 0.05) is 37.9 Å². The number of carbonyl (C=O) groups excluding carboxylic acids is 1. The van der Waals surface area contributed by atoms with E-state index in [1.165, 1.54) is 32.1 Å². The summed E-state index contributed by atoms with van der Waals surface area (Å²) >= 11 is 0. The van der Waals surface area contributed by atoms with E-state index in [1.807, 2.05) is 48.5 Å². The van der Waals surface area contributed by atoms with Gasteiger partial charge in [-0.3, -0.25) is 9.59 Å². The summed E-state index contributed by atoms with van der Waals surface area (Å²) in [5, 5.41) is 21.0. The van der Waals surface area contributed by atoms with E-state index in [0.717, 1.165) is 48.3 Å². The second-order valence-corrected chi connectivity index (χ2v) is 10.7. The maximum absolute atomic E-state index is 12.0. The van der Waals surface area contributed by atoms with Crippen LogP contribution in [0.3, 0.4) is 0 Å². The Morgan fingerprint density at radius 3 is 2.15 bits per heavy atom. The number of ether oxygens (including phenoxy) is 2. The molecular weight excluding hydrogens is 496 g/mol. The summed E-state index contributed by atoms with van der Waals surface area (Å²) in [6, 6.07) is 15.9. The lowest BCUT2D eigenvalue weighted by Gasteiger charge is -2.38. The van der Waals surface area contributed by atoms with Crippen molar-refractivity contribution in [1.29, 1.82) is 0 Å². The van der Waals surface area contributed by atoms with E-state index in [1.54, 1.807) is 0 Å². The third kappa shape index (κ3) is 9.42. The summed E-state index contributed by atoms with van der Waals surface area (Å²) < 4.78 is 13.0. The van der Waals surface area contributed by atoms with Gasteiger partial charge in [0.25, 0.3) is 0 Å². The van der Waals surface area contributed by atoms with Gasteiger partial charge in [0.1, 0.15) is 0 Å². The van der Waals surface area contributed by atoms with Gasteiger partial charge in [0.05, 0.1) is 18.8 Å². The van der Waals surface area contributed by atoms with Crippen molar-refractivity contribution in [3.63, 3.8) is 0 Å². The highest BCUT2D eigenvalue weighted by atomic mass is 16.7. The molecule has 2 fully saturated rings. The van der Waals surface area contributed by atoms with Gasteiger partial charge in [-0.25, -0.2) is 0 Å². The Kier molecular flexibility index (Phi) is 11.3. The lowest BCUT2D eigenvalue weighted by atomic mass is 9.99. The number of carbonyl (C=O) groups is 2. The molecular formula is C31H42N2O6. The summed E-state index contributed by atoms with van der Waals surface area (Å²) in [6.07, 6.45) is 7.12. The third-order valence-electron chi connectivity index (χ3n) is 7.56. The number of carboxylic acid groups (broad SMARTS) is 1.